The molecule has 0 amide bonds. The maximum atomic E-state index is 7.23. The second-order valence-corrected chi connectivity index (χ2v) is 26.1. The van der Waals surface area contributed by atoms with Crippen LogP contribution in [0.2, 0.25) is 36.3 Å². The fraction of sp³-hybridized carbons (Fsp3) is 0.935. The summed E-state index contributed by atoms with van der Waals surface area (Å²) in [6, 6.07) is 0. The fourth-order valence-corrected chi connectivity index (χ4v) is 10.5. The van der Waals surface area contributed by atoms with Gasteiger partial charge < -0.3 is 8.85 Å². The van der Waals surface area contributed by atoms with Crippen molar-refractivity contribution in [2.45, 2.75) is 162 Å². The summed E-state index contributed by atoms with van der Waals surface area (Å²) in [6.45, 7) is 33.5. The highest BCUT2D eigenvalue weighted by Crippen LogP contribution is 2.60. The summed E-state index contributed by atoms with van der Waals surface area (Å²) in [5.74, 6) is 2.29. The molecule has 0 unspecified atom stereocenters. The van der Waals surface area contributed by atoms with Crippen LogP contribution in [0.3, 0.4) is 0 Å². The maximum absolute atomic E-state index is 7.23. The summed E-state index contributed by atoms with van der Waals surface area (Å²) < 4.78 is 14.4. The van der Waals surface area contributed by atoms with Gasteiger partial charge in [-0.1, -0.05) is 76.9 Å². The van der Waals surface area contributed by atoms with E-state index in [9.17, 15) is 0 Å². The van der Waals surface area contributed by atoms with Gasteiger partial charge in [-0.05, 0) is 123 Å². The topological polar surface area (TPSA) is 18.5 Å². The van der Waals surface area contributed by atoms with Crippen LogP contribution in [0, 0.1) is 23.2 Å². The number of fused-ring (bicyclic) bond motifs is 1. The number of hydrogen-bond donors (Lipinski definition) is 0. The molecule has 0 bridgehead atoms. The highest BCUT2D eigenvalue weighted by atomic mass is 79.9. The van der Waals surface area contributed by atoms with Crippen molar-refractivity contribution in [3.63, 3.8) is 0 Å². The molecule has 36 heavy (non-hydrogen) atoms. The normalized spacial score (nSPS) is 29.4. The van der Waals surface area contributed by atoms with E-state index < -0.39 is 16.6 Å². The summed E-state index contributed by atoms with van der Waals surface area (Å²) in [7, 11) is -3.87. The van der Waals surface area contributed by atoms with E-state index in [0.29, 0.717) is 11.3 Å². The molecule has 2 fully saturated rings. The third kappa shape index (κ3) is 7.01. The highest BCUT2D eigenvalue weighted by molar-refractivity contribution is 9.11. The Labute approximate surface area is 236 Å². The van der Waals surface area contributed by atoms with Crippen molar-refractivity contribution in [1.82, 2.24) is 0 Å². The summed E-state index contributed by atoms with van der Waals surface area (Å²) >= 11 is 3.70. The Kier molecular flexibility index (Phi) is 10.2. The molecule has 0 saturated heterocycles. The van der Waals surface area contributed by atoms with E-state index in [0.717, 1.165) is 18.3 Å². The van der Waals surface area contributed by atoms with Crippen LogP contribution >= 0.6 is 15.9 Å². The molecule has 0 aliphatic heterocycles. The Hall–Kier alpha value is 0.574. The predicted octanol–water partition coefficient (Wildman–Crippen LogP) is 11.1. The first kappa shape index (κ1) is 32.8. The molecule has 0 aromatic heterocycles. The van der Waals surface area contributed by atoms with E-state index in [1.54, 1.807) is 5.57 Å². The van der Waals surface area contributed by atoms with Crippen molar-refractivity contribution in [3.05, 3.63) is 10.6 Å². The van der Waals surface area contributed by atoms with E-state index in [1.807, 2.05) is 0 Å². The lowest BCUT2D eigenvalue weighted by Gasteiger charge is -2.49. The number of allylic oxidation sites excluding steroid dienone is 1. The molecule has 2 aliphatic rings. The molecular weight excluding hydrogens is 540 g/mol. The minimum absolute atomic E-state index is 0.129. The molecule has 0 spiro atoms. The summed E-state index contributed by atoms with van der Waals surface area (Å²) in [5.41, 5.74) is 1.83. The van der Waals surface area contributed by atoms with Crippen LogP contribution < -0.4 is 0 Å². The van der Waals surface area contributed by atoms with Crippen molar-refractivity contribution in [2.75, 3.05) is 0 Å². The average molecular weight is 602 g/mol. The summed E-state index contributed by atoms with van der Waals surface area (Å²) in [6.07, 6.45) is 9.21. The zero-order valence-corrected chi connectivity index (χ0v) is 30.1. The third-order valence-corrected chi connectivity index (χ3v) is 20.8. The van der Waals surface area contributed by atoms with Crippen molar-refractivity contribution in [3.8, 4) is 0 Å². The van der Waals surface area contributed by atoms with Crippen LogP contribution in [0.15, 0.2) is 10.6 Å². The molecule has 0 radical (unpaired) electrons. The fourth-order valence-electron chi connectivity index (χ4n) is 6.72. The van der Waals surface area contributed by atoms with Crippen LogP contribution in [-0.4, -0.2) is 28.3 Å². The molecule has 5 atom stereocenters. The molecule has 5 heteroatoms. The Morgan fingerprint density at radius 1 is 0.944 bits per heavy atom. The second-order valence-electron chi connectivity index (χ2n) is 16.2. The van der Waals surface area contributed by atoms with Crippen molar-refractivity contribution in [2.24, 2.45) is 23.2 Å². The van der Waals surface area contributed by atoms with Gasteiger partial charge in [0, 0.05) is 0 Å². The number of halogens is 1. The number of rotatable bonds is 9. The van der Waals surface area contributed by atoms with Gasteiger partial charge in [-0.2, -0.15) is 0 Å². The standard InChI is InChI=1S/C31H61BrO2Si2/c1-23(25-18-19-26-24(22-32)16-15-21-31(25,26)10)17-20-27(33-35(11,12)28(2,3)4)30(8,9)34-36(13,14)29(5,6)7/h22-23,25-27H,15-21H2,1-14H3/t23-,25-,26+,27+,31-/m1/s1. The third-order valence-electron chi connectivity index (χ3n) is 11.1. The Morgan fingerprint density at radius 2 is 1.50 bits per heavy atom. The summed E-state index contributed by atoms with van der Waals surface area (Å²) in [5, 5.41) is 0.380. The van der Waals surface area contributed by atoms with Crippen molar-refractivity contribution < 1.29 is 8.85 Å². The van der Waals surface area contributed by atoms with Crippen molar-refractivity contribution in [1.29, 1.82) is 0 Å². The quantitative estimate of drug-likeness (QED) is 0.245. The smallest absolute Gasteiger partial charge is 0.192 e. The molecule has 2 aliphatic carbocycles. The zero-order chi connectivity index (χ0) is 28.0. The molecule has 212 valence electrons. The Morgan fingerprint density at radius 3 is 2.00 bits per heavy atom. The molecule has 0 aromatic carbocycles. The lowest BCUT2D eigenvalue weighted by molar-refractivity contribution is -0.0386. The van der Waals surface area contributed by atoms with Crippen LogP contribution in [0.1, 0.15) is 114 Å². The van der Waals surface area contributed by atoms with Crippen LogP contribution in [0.4, 0.5) is 0 Å². The number of hydrogen-bond acceptors (Lipinski definition) is 2. The molecule has 2 saturated carbocycles. The largest absolute Gasteiger partial charge is 0.411 e. The van der Waals surface area contributed by atoms with Gasteiger partial charge in [-0.15, -0.1) is 0 Å². The first-order valence-electron chi connectivity index (χ1n) is 14.8. The van der Waals surface area contributed by atoms with E-state index in [2.05, 4.69) is 116 Å². The lowest BCUT2D eigenvalue weighted by atomic mass is 9.61. The molecule has 2 rings (SSSR count). The van der Waals surface area contributed by atoms with Gasteiger partial charge in [0.1, 0.15) is 0 Å². The second kappa shape index (κ2) is 11.2. The first-order valence-corrected chi connectivity index (χ1v) is 21.5. The van der Waals surface area contributed by atoms with Crippen LogP contribution in [0.5, 0.6) is 0 Å². The van der Waals surface area contributed by atoms with Gasteiger partial charge in [-0.25, -0.2) is 0 Å². The highest BCUT2D eigenvalue weighted by Gasteiger charge is 2.51. The average Bonchev–Trinajstić information content (AvgIpc) is 3.05. The Balaban J connectivity index is 2.26. The van der Waals surface area contributed by atoms with E-state index >= 15 is 0 Å². The predicted molar refractivity (Wildman–Crippen MR) is 168 cm³/mol. The minimum atomic E-state index is -1.94. The molecule has 0 heterocycles. The van der Waals surface area contributed by atoms with E-state index in [-0.39, 0.29) is 21.8 Å². The Bertz CT molecular complexity index is 774. The van der Waals surface area contributed by atoms with Gasteiger partial charge in [-0.3, -0.25) is 0 Å². The van der Waals surface area contributed by atoms with Gasteiger partial charge in [0.15, 0.2) is 16.6 Å². The van der Waals surface area contributed by atoms with Gasteiger partial charge in [0.2, 0.25) is 0 Å². The van der Waals surface area contributed by atoms with E-state index in [4.69, 9.17) is 8.85 Å². The SMILES string of the molecule is C[C@H](CC[C@H](O[Si](C)(C)C(C)(C)C)C(C)(C)O[Si](C)(C)C(C)(C)C)[C@H]1CC[C@H]2C(=CBr)CCC[C@]12C. The zero-order valence-electron chi connectivity index (χ0n) is 26.5. The van der Waals surface area contributed by atoms with Crippen molar-refractivity contribution >= 4 is 32.6 Å². The van der Waals surface area contributed by atoms with Gasteiger partial charge in [0.05, 0.1) is 11.7 Å². The minimum Gasteiger partial charge on any atom is -0.411 e. The van der Waals surface area contributed by atoms with Gasteiger partial charge in [0.25, 0.3) is 0 Å². The lowest BCUT2D eigenvalue weighted by Crippen LogP contribution is -2.56. The van der Waals surface area contributed by atoms with Gasteiger partial charge >= 0.3 is 0 Å². The molecule has 2 nitrogen and oxygen atoms in total. The maximum Gasteiger partial charge on any atom is 0.192 e. The monoisotopic (exact) mass is 600 g/mol. The van der Waals surface area contributed by atoms with Crippen LogP contribution in [-0.2, 0) is 8.85 Å². The van der Waals surface area contributed by atoms with E-state index in [1.165, 1.54) is 38.5 Å². The molecular formula is C31H61BrO2Si2. The molecule has 0 aromatic rings. The van der Waals surface area contributed by atoms with Crippen LogP contribution in [0.25, 0.3) is 0 Å². The molecule has 0 N–H and O–H groups in total. The summed E-state index contributed by atoms with van der Waals surface area (Å²) in [4.78, 5) is 2.26. The first-order chi connectivity index (χ1) is 16.1.